The number of aromatic nitrogens is 5. The number of hydrogen-bond acceptors (Lipinski definition) is 5. The zero-order valence-electron chi connectivity index (χ0n) is 12.9. The third kappa shape index (κ3) is 3.05. The SMILES string of the molecule is CCc1ccc(-c2nccn2CCc2noc(CC)n2)nc1. The Labute approximate surface area is 129 Å². The molecule has 3 aromatic heterocycles. The van der Waals surface area contributed by atoms with E-state index in [-0.39, 0.29) is 0 Å². The second-order valence-electron chi connectivity index (χ2n) is 5.06. The highest BCUT2D eigenvalue weighted by molar-refractivity contribution is 5.49. The third-order valence-corrected chi connectivity index (χ3v) is 3.57. The van der Waals surface area contributed by atoms with Crippen LogP contribution in [0.2, 0.25) is 0 Å². The monoisotopic (exact) mass is 297 g/mol. The topological polar surface area (TPSA) is 69.6 Å². The minimum atomic E-state index is 0.678. The number of imidazole rings is 1. The van der Waals surface area contributed by atoms with Gasteiger partial charge in [-0.2, -0.15) is 4.98 Å². The van der Waals surface area contributed by atoms with Gasteiger partial charge in [0.05, 0.1) is 0 Å². The molecule has 0 bridgehead atoms. The predicted octanol–water partition coefficient (Wildman–Crippen LogP) is 2.70. The van der Waals surface area contributed by atoms with Crippen molar-refractivity contribution in [1.82, 2.24) is 24.7 Å². The summed E-state index contributed by atoms with van der Waals surface area (Å²) in [5, 5.41) is 3.98. The molecule has 3 rings (SSSR count). The summed E-state index contributed by atoms with van der Waals surface area (Å²) in [7, 11) is 0. The molecule has 0 aromatic carbocycles. The van der Waals surface area contributed by atoms with E-state index in [1.54, 1.807) is 6.20 Å². The van der Waals surface area contributed by atoms with Crippen LogP contribution in [-0.2, 0) is 25.8 Å². The van der Waals surface area contributed by atoms with Crippen molar-refractivity contribution in [1.29, 1.82) is 0 Å². The molecule has 22 heavy (non-hydrogen) atoms. The van der Waals surface area contributed by atoms with Crippen LogP contribution < -0.4 is 0 Å². The molecular weight excluding hydrogens is 278 g/mol. The van der Waals surface area contributed by atoms with Gasteiger partial charge in [-0.05, 0) is 18.1 Å². The summed E-state index contributed by atoms with van der Waals surface area (Å²) < 4.78 is 7.19. The standard InChI is InChI=1S/C16H19N5O/c1-3-12-5-6-13(18-11-12)16-17-8-10-21(16)9-7-14-19-15(4-2)22-20-14/h5-6,8,10-11H,3-4,7,9H2,1-2H3. The summed E-state index contributed by atoms with van der Waals surface area (Å²) in [6.07, 6.45) is 8.10. The minimum Gasteiger partial charge on any atom is -0.339 e. The van der Waals surface area contributed by atoms with E-state index in [1.807, 2.05) is 25.4 Å². The lowest BCUT2D eigenvalue weighted by molar-refractivity contribution is 0.375. The fraction of sp³-hybridized carbons (Fsp3) is 0.375. The van der Waals surface area contributed by atoms with Crippen LogP contribution in [0.3, 0.4) is 0 Å². The smallest absolute Gasteiger partial charge is 0.226 e. The molecule has 114 valence electrons. The van der Waals surface area contributed by atoms with Crippen LogP contribution in [0.25, 0.3) is 11.5 Å². The number of aryl methyl sites for hydroxylation is 4. The quantitative estimate of drug-likeness (QED) is 0.699. The summed E-state index contributed by atoms with van der Waals surface area (Å²) in [5.41, 5.74) is 2.10. The van der Waals surface area contributed by atoms with Gasteiger partial charge in [0.2, 0.25) is 5.89 Å². The van der Waals surface area contributed by atoms with Gasteiger partial charge in [0.15, 0.2) is 11.6 Å². The number of hydrogen-bond donors (Lipinski definition) is 0. The van der Waals surface area contributed by atoms with Crippen molar-refractivity contribution in [3.63, 3.8) is 0 Å². The Hall–Kier alpha value is -2.50. The van der Waals surface area contributed by atoms with Crippen LogP contribution in [0.1, 0.15) is 31.1 Å². The van der Waals surface area contributed by atoms with Crippen molar-refractivity contribution in [2.75, 3.05) is 0 Å². The van der Waals surface area contributed by atoms with Crippen LogP contribution in [0.15, 0.2) is 35.2 Å². The Bertz CT molecular complexity index is 729. The lowest BCUT2D eigenvalue weighted by atomic mass is 10.2. The van der Waals surface area contributed by atoms with E-state index in [0.717, 1.165) is 36.7 Å². The summed E-state index contributed by atoms with van der Waals surface area (Å²) >= 11 is 0. The average Bonchev–Trinajstić information content (AvgIpc) is 3.22. The maximum absolute atomic E-state index is 5.13. The average molecular weight is 297 g/mol. The second kappa shape index (κ2) is 6.51. The van der Waals surface area contributed by atoms with Gasteiger partial charge < -0.3 is 9.09 Å². The van der Waals surface area contributed by atoms with Crippen molar-refractivity contribution in [3.8, 4) is 11.5 Å². The van der Waals surface area contributed by atoms with Gasteiger partial charge in [0, 0.05) is 38.0 Å². The Morgan fingerprint density at radius 3 is 2.73 bits per heavy atom. The first-order valence-electron chi connectivity index (χ1n) is 7.58. The molecule has 3 heterocycles. The summed E-state index contributed by atoms with van der Waals surface area (Å²) in [4.78, 5) is 13.2. The first kappa shape index (κ1) is 14.4. The lowest BCUT2D eigenvalue weighted by Gasteiger charge is -2.06. The van der Waals surface area contributed by atoms with Gasteiger partial charge in [-0.15, -0.1) is 0 Å². The predicted molar refractivity (Wildman–Crippen MR) is 82.2 cm³/mol. The molecule has 0 N–H and O–H groups in total. The van der Waals surface area contributed by atoms with Gasteiger partial charge in [-0.1, -0.05) is 25.1 Å². The maximum Gasteiger partial charge on any atom is 0.226 e. The fourth-order valence-electron chi connectivity index (χ4n) is 2.24. The van der Waals surface area contributed by atoms with E-state index < -0.39 is 0 Å². The van der Waals surface area contributed by atoms with E-state index in [2.05, 4.69) is 37.7 Å². The molecule has 0 aliphatic carbocycles. The van der Waals surface area contributed by atoms with Crippen LogP contribution in [0, 0.1) is 0 Å². The largest absolute Gasteiger partial charge is 0.339 e. The Morgan fingerprint density at radius 1 is 1.14 bits per heavy atom. The van der Waals surface area contributed by atoms with Gasteiger partial charge in [-0.3, -0.25) is 4.98 Å². The third-order valence-electron chi connectivity index (χ3n) is 3.57. The molecular formula is C16H19N5O. The van der Waals surface area contributed by atoms with Crippen LogP contribution >= 0.6 is 0 Å². The molecule has 6 nitrogen and oxygen atoms in total. The number of pyridine rings is 1. The van der Waals surface area contributed by atoms with Gasteiger partial charge >= 0.3 is 0 Å². The number of rotatable bonds is 6. The van der Waals surface area contributed by atoms with Crippen molar-refractivity contribution < 1.29 is 4.52 Å². The van der Waals surface area contributed by atoms with E-state index >= 15 is 0 Å². The molecule has 3 aromatic rings. The second-order valence-corrected chi connectivity index (χ2v) is 5.06. The highest BCUT2D eigenvalue weighted by atomic mass is 16.5. The van der Waals surface area contributed by atoms with Gasteiger partial charge in [0.1, 0.15) is 5.69 Å². The fourth-order valence-corrected chi connectivity index (χ4v) is 2.24. The Balaban J connectivity index is 1.73. The van der Waals surface area contributed by atoms with Gasteiger partial charge in [0.25, 0.3) is 0 Å². The molecule has 0 aliphatic heterocycles. The minimum absolute atomic E-state index is 0.678. The molecule has 0 unspecified atom stereocenters. The highest BCUT2D eigenvalue weighted by Crippen LogP contribution is 2.16. The summed E-state index contributed by atoms with van der Waals surface area (Å²) in [5.74, 6) is 2.27. The maximum atomic E-state index is 5.13. The summed E-state index contributed by atoms with van der Waals surface area (Å²) in [6, 6.07) is 4.11. The summed E-state index contributed by atoms with van der Waals surface area (Å²) in [6.45, 7) is 4.86. The van der Waals surface area contributed by atoms with Crippen molar-refractivity contribution in [3.05, 3.63) is 48.0 Å². The Kier molecular flexibility index (Phi) is 4.27. The Morgan fingerprint density at radius 2 is 2.05 bits per heavy atom. The normalized spacial score (nSPS) is 11.0. The van der Waals surface area contributed by atoms with Gasteiger partial charge in [-0.25, -0.2) is 4.98 Å². The molecule has 0 saturated carbocycles. The van der Waals surface area contributed by atoms with Crippen LogP contribution in [0.5, 0.6) is 0 Å². The van der Waals surface area contributed by atoms with Crippen molar-refractivity contribution in [2.45, 2.75) is 39.7 Å². The molecule has 0 amide bonds. The molecule has 0 fully saturated rings. The van der Waals surface area contributed by atoms with E-state index in [0.29, 0.717) is 12.3 Å². The molecule has 0 spiro atoms. The van der Waals surface area contributed by atoms with Crippen molar-refractivity contribution >= 4 is 0 Å². The lowest BCUT2D eigenvalue weighted by Crippen LogP contribution is -2.04. The first-order valence-corrected chi connectivity index (χ1v) is 7.58. The van der Waals surface area contributed by atoms with Crippen LogP contribution in [-0.4, -0.2) is 24.7 Å². The molecule has 0 radical (unpaired) electrons. The number of nitrogens with zero attached hydrogens (tertiary/aromatic N) is 5. The van der Waals surface area contributed by atoms with E-state index in [4.69, 9.17) is 4.52 Å². The zero-order valence-corrected chi connectivity index (χ0v) is 12.9. The highest BCUT2D eigenvalue weighted by Gasteiger charge is 2.09. The molecule has 0 atom stereocenters. The first-order chi connectivity index (χ1) is 10.8. The van der Waals surface area contributed by atoms with E-state index in [1.165, 1.54) is 5.56 Å². The molecule has 0 saturated heterocycles. The zero-order chi connectivity index (χ0) is 15.4. The molecule has 6 heteroatoms. The van der Waals surface area contributed by atoms with E-state index in [9.17, 15) is 0 Å². The molecule has 0 aliphatic rings. The van der Waals surface area contributed by atoms with Crippen molar-refractivity contribution in [2.24, 2.45) is 0 Å². The van der Waals surface area contributed by atoms with Crippen LogP contribution in [0.4, 0.5) is 0 Å².